The Morgan fingerprint density at radius 3 is 2.37 bits per heavy atom. The van der Waals surface area contributed by atoms with E-state index in [1.807, 2.05) is 0 Å². The van der Waals surface area contributed by atoms with E-state index in [2.05, 4.69) is 5.32 Å². The predicted octanol–water partition coefficient (Wildman–Crippen LogP) is 0.257. The van der Waals surface area contributed by atoms with E-state index in [9.17, 15) is 18.0 Å². The van der Waals surface area contributed by atoms with E-state index in [4.69, 9.17) is 9.84 Å². The second-order valence-corrected chi connectivity index (χ2v) is 7.82. The Morgan fingerprint density at radius 1 is 1.32 bits per heavy atom. The molecule has 1 rings (SSSR count). The summed E-state index contributed by atoms with van der Waals surface area (Å²) < 4.78 is 27.8. The van der Waals surface area contributed by atoms with E-state index >= 15 is 0 Å². The summed E-state index contributed by atoms with van der Waals surface area (Å²) in [4.78, 5) is 22.4. The van der Waals surface area contributed by atoms with Gasteiger partial charge in [0.1, 0.15) is 5.60 Å². The molecule has 110 valence electrons. The van der Waals surface area contributed by atoms with Crippen molar-refractivity contribution in [1.82, 2.24) is 5.32 Å². The van der Waals surface area contributed by atoms with E-state index in [-0.39, 0.29) is 18.1 Å². The minimum absolute atomic E-state index is 0.0227. The highest BCUT2D eigenvalue weighted by Gasteiger charge is 2.42. The van der Waals surface area contributed by atoms with Gasteiger partial charge in [-0.15, -0.1) is 0 Å². The molecule has 0 aromatic carbocycles. The molecule has 0 saturated carbocycles. The summed E-state index contributed by atoms with van der Waals surface area (Å²) in [6, 6.07) is 0. The number of alkyl carbamates (subject to hydrolysis) is 1. The van der Waals surface area contributed by atoms with Crippen molar-refractivity contribution in [3.05, 3.63) is 0 Å². The molecule has 0 aromatic heterocycles. The molecule has 0 spiro atoms. The molecule has 1 aliphatic rings. The normalized spacial score (nSPS) is 25.8. The Kier molecular flexibility index (Phi) is 4.44. The van der Waals surface area contributed by atoms with Gasteiger partial charge in [0.25, 0.3) is 0 Å². The van der Waals surface area contributed by atoms with Crippen LogP contribution in [0.4, 0.5) is 4.79 Å². The fraction of sp³-hybridized carbons (Fsp3) is 0.818. The van der Waals surface area contributed by atoms with Crippen molar-refractivity contribution < 1.29 is 27.9 Å². The molecular formula is C11H19NO6S. The molecule has 7 nitrogen and oxygen atoms in total. The minimum atomic E-state index is -3.35. The molecule has 0 bridgehead atoms. The number of carbonyl (C=O) groups excluding carboxylic acids is 1. The molecular weight excluding hydrogens is 274 g/mol. The lowest BCUT2D eigenvalue weighted by Gasteiger charge is -2.21. The number of hydrogen-bond acceptors (Lipinski definition) is 5. The van der Waals surface area contributed by atoms with Crippen LogP contribution < -0.4 is 5.32 Å². The van der Waals surface area contributed by atoms with Crippen molar-refractivity contribution in [2.45, 2.75) is 26.4 Å². The van der Waals surface area contributed by atoms with Crippen molar-refractivity contribution in [2.24, 2.45) is 11.8 Å². The van der Waals surface area contributed by atoms with Crippen molar-refractivity contribution in [1.29, 1.82) is 0 Å². The van der Waals surface area contributed by atoms with Crippen LogP contribution in [-0.4, -0.2) is 49.2 Å². The fourth-order valence-corrected chi connectivity index (χ4v) is 4.02. The van der Waals surface area contributed by atoms with Gasteiger partial charge < -0.3 is 15.2 Å². The smallest absolute Gasteiger partial charge is 0.407 e. The van der Waals surface area contributed by atoms with Crippen molar-refractivity contribution in [3.63, 3.8) is 0 Å². The van der Waals surface area contributed by atoms with Gasteiger partial charge in [0.2, 0.25) is 0 Å². The van der Waals surface area contributed by atoms with Gasteiger partial charge in [-0.25, -0.2) is 13.2 Å². The molecule has 2 atom stereocenters. The Hall–Kier alpha value is -1.31. The molecule has 0 aromatic rings. The molecule has 2 N–H and O–H groups in total. The van der Waals surface area contributed by atoms with Crippen LogP contribution in [-0.2, 0) is 19.4 Å². The number of carboxylic acids is 1. The van der Waals surface area contributed by atoms with Crippen molar-refractivity contribution in [2.75, 3.05) is 18.1 Å². The van der Waals surface area contributed by atoms with E-state index in [0.717, 1.165) is 0 Å². The second kappa shape index (κ2) is 5.36. The third-order valence-electron chi connectivity index (χ3n) is 2.70. The highest BCUT2D eigenvalue weighted by Crippen LogP contribution is 2.25. The molecule has 1 saturated heterocycles. The van der Waals surface area contributed by atoms with Gasteiger partial charge in [-0.3, -0.25) is 4.79 Å². The lowest BCUT2D eigenvalue weighted by molar-refractivity contribution is -0.142. The van der Waals surface area contributed by atoms with Gasteiger partial charge in [-0.1, -0.05) is 0 Å². The molecule has 2 unspecified atom stereocenters. The number of rotatable bonds is 3. The summed E-state index contributed by atoms with van der Waals surface area (Å²) in [6.07, 6.45) is -0.680. The third-order valence-corrected chi connectivity index (χ3v) is 4.50. The number of aliphatic carboxylic acids is 1. The highest BCUT2D eigenvalue weighted by molar-refractivity contribution is 7.91. The number of carbonyl (C=O) groups is 2. The first kappa shape index (κ1) is 15.7. The molecule has 1 aliphatic heterocycles. The first-order valence-corrected chi connectivity index (χ1v) is 7.72. The molecule has 1 amide bonds. The molecule has 1 heterocycles. The Balaban J connectivity index is 2.57. The number of carboxylic acid groups (broad SMARTS) is 1. The quantitative estimate of drug-likeness (QED) is 0.772. The summed E-state index contributed by atoms with van der Waals surface area (Å²) in [5.41, 5.74) is -0.655. The number of hydrogen-bond donors (Lipinski definition) is 2. The van der Waals surface area contributed by atoms with Crippen LogP contribution in [0, 0.1) is 11.8 Å². The zero-order valence-electron chi connectivity index (χ0n) is 11.2. The molecule has 8 heteroatoms. The second-order valence-electron chi connectivity index (χ2n) is 5.66. The maximum atomic E-state index is 11.4. The summed E-state index contributed by atoms with van der Waals surface area (Å²) >= 11 is 0. The number of sulfone groups is 1. The zero-order valence-corrected chi connectivity index (χ0v) is 12.0. The highest BCUT2D eigenvalue weighted by atomic mass is 32.2. The number of ether oxygens (including phenoxy) is 1. The number of amides is 1. The molecule has 19 heavy (non-hydrogen) atoms. The van der Waals surface area contributed by atoms with Gasteiger partial charge in [-0.05, 0) is 20.8 Å². The molecule has 1 fully saturated rings. The van der Waals surface area contributed by atoms with Gasteiger partial charge in [0.05, 0.1) is 17.4 Å². The van der Waals surface area contributed by atoms with Crippen molar-refractivity contribution in [3.8, 4) is 0 Å². The fourth-order valence-electron chi connectivity index (χ4n) is 1.92. The van der Waals surface area contributed by atoms with Crippen LogP contribution in [0.15, 0.2) is 0 Å². The van der Waals surface area contributed by atoms with Crippen molar-refractivity contribution >= 4 is 21.9 Å². The molecule has 0 radical (unpaired) electrons. The molecule has 0 aliphatic carbocycles. The first-order valence-electron chi connectivity index (χ1n) is 5.90. The first-order chi connectivity index (χ1) is 8.50. The Bertz CT molecular complexity index is 464. The third kappa shape index (κ3) is 5.06. The Labute approximate surface area is 112 Å². The van der Waals surface area contributed by atoms with Gasteiger partial charge in [0.15, 0.2) is 9.84 Å². The monoisotopic (exact) mass is 293 g/mol. The van der Waals surface area contributed by atoms with E-state index in [1.54, 1.807) is 20.8 Å². The van der Waals surface area contributed by atoms with Crippen LogP contribution >= 0.6 is 0 Å². The van der Waals surface area contributed by atoms with Crippen LogP contribution in [0.1, 0.15) is 20.8 Å². The van der Waals surface area contributed by atoms with Crippen LogP contribution in [0.5, 0.6) is 0 Å². The average Bonchev–Trinajstić information content (AvgIpc) is 2.48. The van der Waals surface area contributed by atoms with Crippen LogP contribution in [0.25, 0.3) is 0 Å². The van der Waals surface area contributed by atoms with Gasteiger partial charge in [0, 0.05) is 12.5 Å². The zero-order chi connectivity index (χ0) is 14.8. The maximum absolute atomic E-state index is 11.4. The topological polar surface area (TPSA) is 110 Å². The Morgan fingerprint density at radius 2 is 1.89 bits per heavy atom. The van der Waals surface area contributed by atoms with Gasteiger partial charge >= 0.3 is 12.1 Å². The van der Waals surface area contributed by atoms with E-state index < -0.39 is 39.3 Å². The summed E-state index contributed by atoms with van der Waals surface area (Å²) in [6.45, 7) is 5.08. The lowest BCUT2D eigenvalue weighted by atomic mass is 9.96. The number of nitrogens with one attached hydrogen (secondary N) is 1. The minimum Gasteiger partial charge on any atom is -0.481 e. The SMILES string of the molecule is CC(C)(C)OC(=O)NCC1CS(=O)(=O)CC1C(=O)O. The lowest BCUT2D eigenvalue weighted by Crippen LogP contribution is -2.38. The summed E-state index contributed by atoms with van der Waals surface area (Å²) in [7, 11) is -3.35. The van der Waals surface area contributed by atoms with Crippen LogP contribution in [0.3, 0.4) is 0 Å². The van der Waals surface area contributed by atoms with Gasteiger partial charge in [-0.2, -0.15) is 0 Å². The average molecular weight is 293 g/mol. The van der Waals surface area contributed by atoms with E-state index in [1.165, 1.54) is 0 Å². The summed E-state index contributed by atoms with van der Waals surface area (Å²) in [5, 5.41) is 11.4. The summed E-state index contributed by atoms with van der Waals surface area (Å²) in [5.74, 6) is -3.34. The standard InChI is InChI=1S/C11H19NO6S/c1-11(2,3)18-10(15)12-4-7-5-19(16,17)6-8(7)9(13)14/h7-8H,4-6H2,1-3H3,(H,12,15)(H,13,14). The van der Waals surface area contributed by atoms with E-state index in [0.29, 0.717) is 0 Å². The van der Waals surface area contributed by atoms with Crippen LogP contribution in [0.2, 0.25) is 0 Å². The predicted molar refractivity (Wildman–Crippen MR) is 67.5 cm³/mol. The maximum Gasteiger partial charge on any atom is 0.407 e. The largest absolute Gasteiger partial charge is 0.481 e.